The monoisotopic (exact) mass is 502 g/mol. The molecule has 0 amide bonds. The van der Waals surface area contributed by atoms with Crippen LogP contribution in [0.15, 0.2) is 17.2 Å². The number of aliphatic hydroxyl groups is 1. The Morgan fingerprint density at radius 1 is 1.11 bits per heavy atom. The molecule has 5 aliphatic rings. The predicted molar refractivity (Wildman–Crippen MR) is 122 cm³/mol. The van der Waals surface area contributed by atoms with E-state index >= 15 is 0 Å². The van der Waals surface area contributed by atoms with Crippen molar-refractivity contribution in [3.63, 3.8) is 0 Å². The molecule has 2 bridgehead atoms. The maximum Gasteiger partial charge on any atom is 0.338 e. The molecule has 3 heterocycles. The Morgan fingerprint density at radius 3 is 2.47 bits per heavy atom. The van der Waals surface area contributed by atoms with Gasteiger partial charge in [0.05, 0.1) is 32.0 Å². The zero-order chi connectivity index (χ0) is 26.0. The minimum Gasteiger partial charge on any atom is -0.496 e. The normalized spacial score (nSPS) is 32.4. The average molecular weight is 503 g/mol. The molecule has 1 N–H and O–H groups in total. The van der Waals surface area contributed by atoms with Gasteiger partial charge < -0.3 is 33.5 Å². The van der Waals surface area contributed by atoms with Gasteiger partial charge in [0.2, 0.25) is 0 Å². The molecule has 5 atom stereocenters. The van der Waals surface area contributed by atoms with Gasteiger partial charge in [-0.2, -0.15) is 0 Å². The summed E-state index contributed by atoms with van der Waals surface area (Å²) in [7, 11) is 2.88. The first kappa shape index (κ1) is 24.6. The smallest absolute Gasteiger partial charge is 0.338 e. The molecule has 1 fully saturated rings. The number of benzene rings is 1. The molecule has 3 aliphatic heterocycles. The number of hydrogen-bond acceptors (Lipinski definition) is 10. The molecule has 1 aromatic rings. The zero-order valence-electron chi connectivity index (χ0n) is 21.0. The number of esters is 3. The summed E-state index contributed by atoms with van der Waals surface area (Å²) < 4.78 is 34.9. The molecule has 6 rings (SSSR count). The highest BCUT2D eigenvalue weighted by atomic mass is 16.7. The summed E-state index contributed by atoms with van der Waals surface area (Å²) in [4.78, 5) is 37.3. The minimum absolute atomic E-state index is 0.152. The number of carbonyl (C=O) groups excluding carboxylic acids is 3. The van der Waals surface area contributed by atoms with Crippen molar-refractivity contribution >= 4 is 17.9 Å². The minimum atomic E-state index is -1.87. The molecule has 194 valence electrons. The molecule has 10 heteroatoms. The van der Waals surface area contributed by atoms with Crippen LogP contribution in [0, 0.1) is 0 Å². The molecular weight excluding hydrogens is 472 g/mol. The first-order valence-corrected chi connectivity index (χ1v) is 12.1. The van der Waals surface area contributed by atoms with Gasteiger partial charge in [0.25, 0.3) is 0 Å². The highest BCUT2D eigenvalue weighted by Crippen LogP contribution is 2.61. The summed E-state index contributed by atoms with van der Waals surface area (Å²) in [5.74, 6) is -3.14. The zero-order valence-corrected chi connectivity index (χ0v) is 21.0. The lowest BCUT2D eigenvalue weighted by Crippen LogP contribution is -2.59. The van der Waals surface area contributed by atoms with Crippen LogP contribution in [0.2, 0.25) is 0 Å². The van der Waals surface area contributed by atoms with Gasteiger partial charge in [-0.1, -0.05) is 0 Å². The average Bonchev–Trinajstić information content (AvgIpc) is 3.11. The maximum absolute atomic E-state index is 13.0. The van der Waals surface area contributed by atoms with Crippen molar-refractivity contribution in [2.24, 2.45) is 0 Å². The van der Waals surface area contributed by atoms with Gasteiger partial charge in [-0.3, -0.25) is 9.59 Å². The fourth-order valence-corrected chi connectivity index (χ4v) is 6.23. The largest absolute Gasteiger partial charge is 0.496 e. The summed E-state index contributed by atoms with van der Waals surface area (Å²) in [6, 6.07) is 1.61. The van der Waals surface area contributed by atoms with E-state index in [1.165, 1.54) is 28.1 Å². The second-order valence-electron chi connectivity index (χ2n) is 9.64. The topological polar surface area (TPSA) is 127 Å². The van der Waals surface area contributed by atoms with Gasteiger partial charge in [0, 0.05) is 42.5 Å². The Hall–Kier alpha value is -3.11. The van der Waals surface area contributed by atoms with Crippen molar-refractivity contribution in [1.82, 2.24) is 0 Å². The number of hydrogen-bond donors (Lipinski definition) is 1. The van der Waals surface area contributed by atoms with Gasteiger partial charge >= 0.3 is 23.7 Å². The number of rotatable bonds is 5. The van der Waals surface area contributed by atoms with Gasteiger partial charge in [0.15, 0.2) is 5.60 Å². The van der Waals surface area contributed by atoms with Gasteiger partial charge in [-0.25, -0.2) is 4.79 Å². The summed E-state index contributed by atoms with van der Waals surface area (Å²) in [5.41, 5.74) is 0.286. The van der Waals surface area contributed by atoms with Crippen LogP contribution in [0.3, 0.4) is 0 Å². The third kappa shape index (κ3) is 3.27. The summed E-state index contributed by atoms with van der Waals surface area (Å²) in [6.45, 7) is 4.20. The van der Waals surface area contributed by atoms with Crippen LogP contribution in [0.1, 0.15) is 75.7 Å². The van der Waals surface area contributed by atoms with Crippen LogP contribution in [0.25, 0.3) is 0 Å². The standard InChI is InChI=1S/C26H30O10/c1-12-25(30)20(34-13(2)27)11-19(33-12)21-18(31-4)10-17(23(32-5)22(21)25)26(35-14(3)28)16-9-7-6-8-15(16)24(29)36-26/h10,12,19-20,30H,6-9,11H2,1-5H3/t12-,19-,20-,25-,26?/m1/s1. The SMILES string of the molecule is COc1cc(C2(OC(C)=O)OC(=O)C3=C2CCCC3)c(OC)c2c1[C@H]1C[C@@H](OC(C)=O)[C@]2(O)[C@@H](C)O1. The number of methoxy groups -OCH3 is 2. The molecule has 10 nitrogen and oxygen atoms in total. The lowest BCUT2D eigenvalue weighted by molar-refractivity contribution is -0.253. The molecule has 0 spiro atoms. The van der Waals surface area contributed by atoms with Crippen LogP contribution in [-0.4, -0.2) is 49.4 Å². The van der Waals surface area contributed by atoms with Gasteiger partial charge in [-0.15, -0.1) is 0 Å². The van der Waals surface area contributed by atoms with E-state index in [0.717, 1.165) is 12.8 Å². The Kier molecular flexibility index (Phi) is 5.79. The summed E-state index contributed by atoms with van der Waals surface area (Å²) >= 11 is 0. The number of cyclic esters (lactones) is 1. The number of carbonyl (C=O) groups is 3. The van der Waals surface area contributed by atoms with E-state index in [0.29, 0.717) is 40.9 Å². The van der Waals surface area contributed by atoms with Crippen LogP contribution in [0.4, 0.5) is 0 Å². The molecule has 0 aromatic heterocycles. The third-order valence-electron chi connectivity index (χ3n) is 7.63. The van der Waals surface area contributed by atoms with E-state index in [1.807, 2.05) is 0 Å². The molecule has 1 aromatic carbocycles. The van der Waals surface area contributed by atoms with Gasteiger partial charge in [-0.05, 0) is 38.7 Å². The Balaban J connectivity index is 1.83. The third-order valence-corrected chi connectivity index (χ3v) is 7.63. The highest BCUT2D eigenvalue weighted by Gasteiger charge is 2.62. The Labute approximate surface area is 208 Å². The second-order valence-corrected chi connectivity index (χ2v) is 9.64. The van der Waals surface area contributed by atoms with E-state index in [4.69, 9.17) is 28.4 Å². The maximum atomic E-state index is 13.0. The summed E-state index contributed by atoms with van der Waals surface area (Å²) in [6.07, 6.45) is 0.542. The molecule has 0 saturated carbocycles. The first-order chi connectivity index (χ1) is 17.1. The van der Waals surface area contributed by atoms with Crippen molar-refractivity contribution < 1.29 is 47.9 Å². The molecule has 0 radical (unpaired) electrons. The van der Waals surface area contributed by atoms with E-state index in [2.05, 4.69) is 0 Å². The van der Waals surface area contributed by atoms with Crippen LogP contribution in [0.5, 0.6) is 11.5 Å². The predicted octanol–water partition coefficient (Wildman–Crippen LogP) is 2.83. The number of fused-ring (bicyclic) bond motifs is 2. The van der Waals surface area contributed by atoms with E-state index in [-0.39, 0.29) is 17.7 Å². The van der Waals surface area contributed by atoms with Crippen molar-refractivity contribution in [2.45, 2.75) is 82.6 Å². The highest BCUT2D eigenvalue weighted by molar-refractivity contribution is 5.94. The van der Waals surface area contributed by atoms with E-state index in [9.17, 15) is 19.5 Å². The van der Waals surface area contributed by atoms with E-state index < -0.39 is 47.6 Å². The van der Waals surface area contributed by atoms with Crippen molar-refractivity contribution in [2.75, 3.05) is 14.2 Å². The first-order valence-electron chi connectivity index (χ1n) is 12.1. The van der Waals surface area contributed by atoms with Crippen molar-refractivity contribution in [3.8, 4) is 11.5 Å². The Morgan fingerprint density at radius 2 is 1.83 bits per heavy atom. The van der Waals surface area contributed by atoms with Gasteiger partial charge in [0.1, 0.15) is 17.6 Å². The van der Waals surface area contributed by atoms with Crippen LogP contribution >= 0.6 is 0 Å². The van der Waals surface area contributed by atoms with E-state index in [1.54, 1.807) is 13.0 Å². The lowest BCUT2D eigenvalue weighted by atomic mass is 9.68. The fourth-order valence-electron chi connectivity index (χ4n) is 6.23. The quantitative estimate of drug-likeness (QED) is 0.601. The molecule has 36 heavy (non-hydrogen) atoms. The van der Waals surface area contributed by atoms with Crippen LogP contribution < -0.4 is 9.47 Å². The van der Waals surface area contributed by atoms with Crippen LogP contribution in [-0.2, 0) is 44.7 Å². The fraction of sp³-hybridized carbons (Fsp3) is 0.577. The molecular formula is C26H30O10. The summed E-state index contributed by atoms with van der Waals surface area (Å²) in [5, 5.41) is 12.1. The van der Waals surface area contributed by atoms with Crippen molar-refractivity contribution in [3.05, 3.63) is 33.9 Å². The Bertz CT molecular complexity index is 1190. The molecule has 1 saturated heterocycles. The van der Waals surface area contributed by atoms with Crippen molar-refractivity contribution in [1.29, 1.82) is 0 Å². The number of ether oxygens (including phenoxy) is 6. The molecule has 2 aliphatic carbocycles. The molecule has 1 unspecified atom stereocenters. The lowest BCUT2D eigenvalue weighted by Gasteiger charge is -2.53. The second kappa shape index (κ2) is 8.48.